The summed E-state index contributed by atoms with van der Waals surface area (Å²) in [6.07, 6.45) is 0. The summed E-state index contributed by atoms with van der Waals surface area (Å²) < 4.78 is -1.64. The van der Waals surface area contributed by atoms with Crippen molar-refractivity contribution in [3.8, 4) is 0 Å². The topological polar surface area (TPSA) is 17.1 Å². The average molecular weight is 221 g/mol. The Hall–Kier alpha value is -0.180. The van der Waals surface area contributed by atoms with Crippen LogP contribution in [-0.2, 0) is 0 Å². The summed E-state index contributed by atoms with van der Waals surface area (Å²) in [5.74, 6) is -0.408. The number of hydrogen-bond acceptors (Lipinski definition) is 2. The van der Waals surface area contributed by atoms with Gasteiger partial charge in [-0.25, -0.2) is 0 Å². The first-order valence-corrected chi connectivity index (χ1v) is 4.42. The van der Waals surface area contributed by atoms with Gasteiger partial charge in [0.15, 0.2) is 0 Å². The molecule has 12 heavy (non-hydrogen) atoms. The number of benzene rings is 1. The van der Waals surface area contributed by atoms with Gasteiger partial charge in [0.05, 0.1) is 0 Å². The number of rotatable bonds is 2. The van der Waals surface area contributed by atoms with Crippen LogP contribution in [0.1, 0.15) is 10.4 Å². The first-order chi connectivity index (χ1) is 5.52. The van der Waals surface area contributed by atoms with E-state index < -0.39 is 9.45 Å². The maximum Gasteiger partial charge on any atom is 0.222 e. The summed E-state index contributed by atoms with van der Waals surface area (Å²) >= 11 is 14.7. The van der Waals surface area contributed by atoms with Crippen molar-refractivity contribution < 1.29 is 4.79 Å². The van der Waals surface area contributed by atoms with Crippen LogP contribution in [-0.4, -0.2) is 9.45 Å². The molecule has 0 radical (unpaired) electrons. The lowest BCUT2D eigenvalue weighted by molar-refractivity contribution is 0.0999. The van der Waals surface area contributed by atoms with Gasteiger partial charge >= 0.3 is 0 Å². The number of Topliss-reactive ketones (excluding diaryl/α,β-unsaturated/α-hetero) is 1. The van der Waals surface area contributed by atoms with Gasteiger partial charge in [0, 0.05) is 5.56 Å². The zero-order chi connectivity index (χ0) is 9.19. The van der Waals surface area contributed by atoms with Crippen molar-refractivity contribution in [2.45, 2.75) is 3.67 Å². The molecule has 1 nitrogen and oxygen atoms in total. The predicted molar refractivity (Wildman–Crippen MR) is 54.2 cm³/mol. The number of halogens is 2. The minimum absolute atomic E-state index is 0.408. The van der Waals surface area contributed by atoms with Crippen LogP contribution in [0, 0.1) is 0 Å². The van der Waals surface area contributed by atoms with Gasteiger partial charge in [-0.05, 0) is 0 Å². The molecule has 1 aromatic carbocycles. The van der Waals surface area contributed by atoms with Gasteiger partial charge in [0.25, 0.3) is 0 Å². The van der Waals surface area contributed by atoms with E-state index in [1.54, 1.807) is 30.3 Å². The van der Waals surface area contributed by atoms with Gasteiger partial charge in [-0.15, -0.1) is 12.6 Å². The first kappa shape index (κ1) is 9.90. The minimum Gasteiger partial charge on any atom is -0.290 e. The second-order valence-electron chi connectivity index (χ2n) is 2.24. The van der Waals surface area contributed by atoms with Crippen LogP contribution in [0.4, 0.5) is 0 Å². The molecule has 4 heteroatoms. The number of alkyl halides is 2. The molecule has 0 N–H and O–H groups in total. The van der Waals surface area contributed by atoms with E-state index in [9.17, 15) is 4.79 Å². The standard InChI is InChI=1S/C8H6Cl2OS/c9-8(10,12)7(11)6-4-2-1-3-5-6/h1-5,12H. The van der Waals surface area contributed by atoms with Gasteiger partial charge in [0.2, 0.25) is 9.45 Å². The van der Waals surface area contributed by atoms with Crippen LogP contribution in [0.2, 0.25) is 0 Å². The Morgan fingerprint density at radius 3 is 2.17 bits per heavy atom. The smallest absolute Gasteiger partial charge is 0.222 e. The third-order valence-electron chi connectivity index (χ3n) is 1.31. The van der Waals surface area contributed by atoms with Gasteiger partial charge in [0.1, 0.15) is 0 Å². The summed E-state index contributed by atoms with van der Waals surface area (Å²) in [7, 11) is 0. The summed E-state index contributed by atoms with van der Waals surface area (Å²) in [4.78, 5) is 11.3. The Kier molecular flexibility index (Phi) is 3.04. The molecule has 1 rings (SSSR count). The number of ketones is 1. The molecule has 0 aliphatic carbocycles. The molecular formula is C8H6Cl2OS. The highest BCUT2D eigenvalue weighted by molar-refractivity contribution is 7.86. The predicted octanol–water partition coefficient (Wildman–Crippen LogP) is 2.93. The molecule has 0 aromatic heterocycles. The lowest BCUT2D eigenvalue weighted by atomic mass is 10.1. The lowest BCUT2D eigenvalue weighted by Crippen LogP contribution is -2.18. The molecule has 0 saturated carbocycles. The molecule has 0 saturated heterocycles. The van der Waals surface area contributed by atoms with E-state index in [2.05, 4.69) is 12.6 Å². The fourth-order valence-corrected chi connectivity index (χ4v) is 1.11. The Balaban J connectivity index is 2.94. The fourth-order valence-electron chi connectivity index (χ4n) is 0.763. The van der Waals surface area contributed by atoms with Gasteiger partial charge < -0.3 is 0 Å². The number of thiol groups is 1. The zero-order valence-corrected chi connectivity index (χ0v) is 8.40. The quantitative estimate of drug-likeness (QED) is 0.461. The minimum atomic E-state index is -1.64. The van der Waals surface area contributed by atoms with E-state index in [4.69, 9.17) is 23.2 Å². The highest BCUT2D eigenvalue weighted by Crippen LogP contribution is 2.29. The molecule has 0 spiro atoms. The van der Waals surface area contributed by atoms with Crippen LogP contribution < -0.4 is 0 Å². The average Bonchev–Trinajstić information content (AvgIpc) is 2.03. The Bertz CT molecular complexity index is 279. The molecular weight excluding hydrogens is 215 g/mol. The SMILES string of the molecule is O=C(c1ccccc1)C(S)(Cl)Cl. The fraction of sp³-hybridized carbons (Fsp3) is 0.125. The monoisotopic (exact) mass is 220 g/mol. The highest BCUT2D eigenvalue weighted by atomic mass is 35.5. The maximum atomic E-state index is 11.3. The third-order valence-corrected chi connectivity index (χ3v) is 1.86. The molecule has 0 amide bonds. The van der Waals surface area contributed by atoms with Gasteiger partial charge in [-0.3, -0.25) is 4.79 Å². The maximum absolute atomic E-state index is 11.3. The van der Waals surface area contributed by atoms with Crippen molar-refractivity contribution in [3.63, 3.8) is 0 Å². The largest absolute Gasteiger partial charge is 0.290 e. The molecule has 0 unspecified atom stereocenters. The summed E-state index contributed by atoms with van der Waals surface area (Å²) in [6.45, 7) is 0. The summed E-state index contributed by atoms with van der Waals surface area (Å²) in [6, 6.07) is 8.55. The van der Waals surface area contributed by atoms with E-state index >= 15 is 0 Å². The van der Waals surface area contributed by atoms with E-state index in [1.165, 1.54) is 0 Å². The molecule has 0 bridgehead atoms. The molecule has 0 aliphatic rings. The number of carbonyl (C=O) groups is 1. The summed E-state index contributed by atoms with van der Waals surface area (Å²) in [5.41, 5.74) is 0.456. The van der Waals surface area contributed by atoms with Crippen molar-refractivity contribution in [1.29, 1.82) is 0 Å². The number of hydrogen-bond donors (Lipinski definition) is 1. The van der Waals surface area contributed by atoms with Crippen molar-refractivity contribution in [1.82, 2.24) is 0 Å². The Morgan fingerprint density at radius 1 is 1.25 bits per heavy atom. The normalized spacial score (nSPS) is 11.2. The van der Waals surface area contributed by atoms with Crippen molar-refractivity contribution >= 4 is 41.6 Å². The van der Waals surface area contributed by atoms with E-state index in [-0.39, 0.29) is 0 Å². The van der Waals surface area contributed by atoms with Crippen LogP contribution >= 0.6 is 35.8 Å². The Morgan fingerprint density at radius 2 is 1.75 bits per heavy atom. The van der Waals surface area contributed by atoms with Crippen molar-refractivity contribution in [3.05, 3.63) is 35.9 Å². The lowest BCUT2D eigenvalue weighted by Gasteiger charge is -2.09. The second kappa shape index (κ2) is 3.69. The summed E-state index contributed by atoms with van der Waals surface area (Å²) in [5, 5.41) is 0. The van der Waals surface area contributed by atoms with E-state index in [0.717, 1.165) is 0 Å². The molecule has 0 heterocycles. The second-order valence-corrected chi connectivity index (χ2v) is 4.76. The first-order valence-electron chi connectivity index (χ1n) is 3.22. The van der Waals surface area contributed by atoms with Gasteiger partial charge in [-0.2, -0.15) is 0 Å². The molecule has 0 atom stereocenters. The molecule has 64 valence electrons. The third kappa shape index (κ3) is 2.41. The highest BCUT2D eigenvalue weighted by Gasteiger charge is 2.29. The van der Waals surface area contributed by atoms with E-state index in [0.29, 0.717) is 5.56 Å². The van der Waals surface area contributed by atoms with Crippen molar-refractivity contribution in [2.24, 2.45) is 0 Å². The molecule has 1 aromatic rings. The van der Waals surface area contributed by atoms with Crippen molar-refractivity contribution in [2.75, 3.05) is 0 Å². The van der Waals surface area contributed by atoms with Gasteiger partial charge in [-0.1, -0.05) is 53.5 Å². The number of carbonyl (C=O) groups excluding carboxylic acids is 1. The van der Waals surface area contributed by atoms with Crippen LogP contribution in [0.15, 0.2) is 30.3 Å². The zero-order valence-electron chi connectivity index (χ0n) is 6.00. The van der Waals surface area contributed by atoms with E-state index in [1.807, 2.05) is 0 Å². The molecule has 0 aliphatic heterocycles. The van der Waals surface area contributed by atoms with Crippen LogP contribution in [0.3, 0.4) is 0 Å². The Labute approximate surface area is 86.1 Å². The van der Waals surface area contributed by atoms with Crippen LogP contribution in [0.5, 0.6) is 0 Å². The molecule has 0 fully saturated rings. The van der Waals surface area contributed by atoms with Crippen LogP contribution in [0.25, 0.3) is 0 Å².